The number of hydrogen-bond acceptors (Lipinski definition) is 8. The fourth-order valence-electron chi connectivity index (χ4n) is 7.04. The van der Waals surface area contributed by atoms with E-state index in [4.69, 9.17) is 14.7 Å². The largest absolute Gasteiger partial charge is 0.458 e. The van der Waals surface area contributed by atoms with Crippen LogP contribution in [0.2, 0.25) is 0 Å². The fourth-order valence-corrected chi connectivity index (χ4v) is 7.04. The normalized spacial score (nSPS) is 25.2. The number of nitrogens with zero attached hydrogens (tertiary/aromatic N) is 6. The zero-order chi connectivity index (χ0) is 26.1. The second-order valence-electron chi connectivity index (χ2n) is 11.6. The molecular formula is C30H41N7O. The molecule has 38 heavy (non-hydrogen) atoms. The second kappa shape index (κ2) is 11.1. The number of aryl methyl sites for hydroxylation is 1. The van der Waals surface area contributed by atoms with Gasteiger partial charge in [0.2, 0.25) is 0 Å². The third kappa shape index (κ3) is 4.94. The van der Waals surface area contributed by atoms with Gasteiger partial charge in [-0.25, -0.2) is 0 Å². The first-order valence-electron chi connectivity index (χ1n) is 14.5. The highest BCUT2D eigenvalue weighted by atomic mass is 16.5. The van der Waals surface area contributed by atoms with Gasteiger partial charge in [0.1, 0.15) is 11.9 Å². The maximum absolute atomic E-state index is 9.53. The summed E-state index contributed by atoms with van der Waals surface area (Å²) in [7, 11) is 4.27. The lowest BCUT2D eigenvalue weighted by molar-refractivity contribution is 0.111. The minimum Gasteiger partial charge on any atom is -0.458 e. The number of benzene rings is 1. The van der Waals surface area contributed by atoms with Crippen molar-refractivity contribution in [2.24, 2.45) is 0 Å². The van der Waals surface area contributed by atoms with Gasteiger partial charge in [-0.15, -0.1) is 0 Å². The minimum absolute atomic E-state index is 0.106. The van der Waals surface area contributed by atoms with E-state index < -0.39 is 0 Å². The Morgan fingerprint density at radius 3 is 2.84 bits per heavy atom. The van der Waals surface area contributed by atoms with E-state index in [-0.39, 0.29) is 12.1 Å². The molecule has 3 atom stereocenters. The molecule has 0 spiro atoms. The lowest BCUT2D eigenvalue weighted by Gasteiger charge is -2.39. The topological polar surface area (TPSA) is 80.5 Å². The van der Waals surface area contributed by atoms with Crippen LogP contribution in [0.4, 0.5) is 11.5 Å². The van der Waals surface area contributed by atoms with E-state index in [0.717, 1.165) is 63.5 Å². The highest BCUT2D eigenvalue weighted by Gasteiger charge is 2.34. The summed E-state index contributed by atoms with van der Waals surface area (Å²) in [6.45, 7) is 4.27. The van der Waals surface area contributed by atoms with Gasteiger partial charge in [-0.1, -0.05) is 12.1 Å². The number of fused-ring (bicyclic) bond motifs is 2. The quantitative estimate of drug-likeness (QED) is 0.627. The standard InChI is InChI=1S/C30H41N7O/c1-35(2)27-11-6-12-28(27)38-30-33-25-20-36(26-10-5-8-21-7-3-4-9-23(21)26)17-14-24(25)29(34-30)37-18-16-32-19-22(37)13-15-31/h5,8,10,22,27-28,32H,3-4,6-7,9,11-14,16-20H2,1-2H3/t22?,27-,28+/m0/s1. The van der Waals surface area contributed by atoms with Gasteiger partial charge in [-0.3, -0.25) is 0 Å². The van der Waals surface area contributed by atoms with Crippen molar-refractivity contribution < 1.29 is 4.74 Å². The smallest absolute Gasteiger partial charge is 0.319 e. The van der Waals surface area contributed by atoms with E-state index in [1.807, 2.05) is 0 Å². The minimum atomic E-state index is 0.106. The highest BCUT2D eigenvalue weighted by molar-refractivity contribution is 5.61. The van der Waals surface area contributed by atoms with Crippen molar-refractivity contribution in [2.45, 2.75) is 82.5 Å². The Labute approximate surface area is 227 Å². The zero-order valence-corrected chi connectivity index (χ0v) is 23.0. The molecule has 1 aromatic heterocycles. The molecule has 1 saturated heterocycles. The number of piperazine rings is 1. The Kier molecular flexibility index (Phi) is 7.40. The average Bonchev–Trinajstić information content (AvgIpc) is 3.41. The molecule has 2 aliphatic heterocycles. The van der Waals surface area contributed by atoms with E-state index in [0.29, 0.717) is 18.5 Å². The van der Waals surface area contributed by atoms with Crippen molar-refractivity contribution in [1.82, 2.24) is 20.2 Å². The predicted molar refractivity (Wildman–Crippen MR) is 150 cm³/mol. The third-order valence-electron chi connectivity index (χ3n) is 9.02. The van der Waals surface area contributed by atoms with Gasteiger partial charge < -0.3 is 24.8 Å². The molecule has 8 heteroatoms. The first-order valence-corrected chi connectivity index (χ1v) is 14.5. The molecule has 6 rings (SSSR count). The van der Waals surface area contributed by atoms with Crippen LogP contribution >= 0.6 is 0 Å². The van der Waals surface area contributed by atoms with Crippen LogP contribution in [0.25, 0.3) is 0 Å². The molecule has 1 aromatic carbocycles. The van der Waals surface area contributed by atoms with Crippen LogP contribution in [-0.4, -0.2) is 73.3 Å². The van der Waals surface area contributed by atoms with Crippen LogP contribution < -0.4 is 19.9 Å². The summed E-state index contributed by atoms with van der Waals surface area (Å²) in [6, 6.07) is 10.2. The van der Waals surface area contributed by atoms with Gasteiger partial charge in [-0.05, 0) is 82.7 Å². The van der Waals surface area contributed by atoms with E-state index in [1.165, 1.54) is 54.5 Å². The van der Waals surface area contributed by atoms with Gasteiger partial charge in [0.05, 0.1) is 30.8 Å². The average molecular weight is 516 g/mol. The molecule has 2 fully saturated rings. The molecule has 2 aromatic rings. The van der Waals surface area contributed by atoms with Gasteiger partial charge in [-0.2, -0.15) is 15.2 Å². The van der Waals surface area contributed by atoms with Crippen LogP contribution in [0.3, 0.4) is 0 Å². The molecule has 8 nitrogen and oxygen atoms in total. The molecule has 0 amide bonds. The summed E-state index contributed by atoms with van der Waals surface area (Å²) in [5.41, 5.74) is 6.74. The Hall–Kier alpha value is -2.89. The van der Waals surface area contributed by atoms with E-state index >= 15 is 0 Å². The first-order chi connectivity index (χ1) is 18.6. The summed E-state index contributed by atoms with van der Waals surface area (Å²) < 4.78 is 6.58. The molecule has 0 bridgehead atoms. The molecule has 3 heterocycles. The van der Waals surface area contributed by atoms with Crippen LogP contribution in [0.1, 0.15) is 60.9 Å². The molecular weight excluding hydrogens is 474 g/mol. The summed E-state index contributed by atoms with van der Waals surface area (Å²) in [5.74, 6) is 0.987. The van der Waals surface area contributed by atoms with Crippen LogP contribution in [-0.2, 0) is 25.8 Å². The molecule has 1 N–H and O–H groups in total. The van der Waals surface area contributed by atoms with Crippen molar-refractivity contribution in [1.29, 1.82) is 5.26 Å². The van der Waals surface area contributed by atoms with E-state index in [2.05, 4.69) is 58.4 Å². The van der Waals surface area contributed by atoms with Crippen LogP contribution in [0.5, 0.6) is 6.01 Å². The second-order valence-corrected chi connectivity index (χ2v) is 11.6. The maximum atomic E-state index is 9.53. The molecule has 202 valence electrons. The fraction of sp³-hybridized carbons (Fsp3) is 0.633. The van der Waals surface area contributed by atoms with Crippen LogP contribution in [0, 0.1) is 11.3 Å². The number of rotatable bonds is 6. The number of nitriles is 1. The van der Waals surface area contributed by atoms with Crippen molar-refractivity contribution in [3.8, 4) is 12.1 Å². The Morgan fingerprint density at radius 1 is 1.08 bits per heavy atom. The van der Waals surface area contributed by atoms with Crippen molar-refractivity contribution in [3.05, 3.63) is 40.6 Å². The summed E-state index contributed by atoms with van der Waals surface area (Å²) in [6.07, 6.45) is 9.76. The Bertz CT molecular complexity index is 1190. The van der Waals surface area contributed by atoms with E-state index in [1.54, 1.807) is 0 Å². The van der Waals surface area contributed by atoms with Crippen molar-refractivity contribution in [2.75, 3.05) is 50.1 Å². The summed E-state index contributed by atoms with van der Waals surface area (Å²) in [5, 5.41) is 13.0. The molecule has 1 unspecified atom stereocenters. The molecule has 4 aliphatic rings. The number of hydrogen-bond donors (Lipinski definition) is 1. The summed E-state index contributed by atoms with van der Waals surface area (Å²) >= 11 is 0. The van der Waals surface area contributed by atoms with Gasteiger partial charge in [0, 0.05) is 43.5 Å². The first kappa shape index (κ1) is 25.4. The highest BCUT2D eigenvalue weighted by Crippen LogP contribution is 2.37. The molecule has 0 radical (unpaired) electrons. The molecule has 1 saturated carbocycles. The Morgan fingerprint density at radius 2 is 1.97 bits per heavy atom. The number of anilines is 2. The predicted octanol–water partition coefficient (Wildman–Crippen LogP) is 3.47. The number of aromatic nitrogens is 2. The van der Waals surface area contributed by atoms with Crippen molar-refractivity contribution >= 4 is 11.5 Å². The zero-order valence-electron chi connectivity index (χ0n) is 23.0. The number of nitrogens with one attached hydrogen (secondary N) is 1. The van der Waals surface area contributed by atoms with Gasteiger partial charge >= 0.3 is 6.01 Å². The molecule has 2 aliphatic carbocycles. The van der Waals surface area contributed by atoms with Gasteiger partial charge in [0.25, 0.3) is 0 Å². The van der Waals surface area contributed by atoms with E-state index in [9.17, 15) is 5.26 Å². The number of ether oxygens (including phenoxy) is 1. The number of likely N-dealkylation sites (N-methyl/N-ethyl adjacent to an activating group) is 1. The maximum Gasteiger partial charge on any atom is 0.319 e. The third-order valence-corrected chi connectivity index (χ3v) is 9.02. The lowest BCUT2D eigenvalue weighted by atomic mass is 9.89. The summed E-state index contributed by atoms with van der Waals surface area (Å²) in [4.78, 5) is 17.3. The monoisotopic (exact) mass is 515 g/mol. The SMILES string of the molecule is CN(C)[C@H]1CCC[C@H]1Oc1nc2c(c(N3CCNCC3CC#N)n1)CCN(c1cccc3c1CCCC3)C2. The lowest BCUT2D eigenvalue weighted by Crippen LogP contribution is -2.52. The van der Waals surface area contributed by atoms with Crippen LogP contribution in [0.15, 0.2) is 18.2 Å². The van der Waals surface area contributed by atoms with Gasteiger partial charge in [0.15, 0.2) is 0 Å². The van der Waals surface area contributed by atoms with Crippen molar-refractivity contribution in [3.63, 3.8) is 0 Å². The Balaban J connectivity index is 1.36.